The summed E-state index contributed by atoms with van der Waals surface area (Å²) in [4.78, 5) is 11.4. The molecule has 1 heterocycles. The Kier molecular flexibility index (Phi) is 5.64. The van der Waals surface area contributed by atoms with Crippen LogP contribution in [0.5, 0.6) is 5.75 Å². The summed E-state index contributed by atoms with van der Waals surface area (Å²) in [6.07, 6.45) is 3.29. The van der Waals surface area contributed by atoms with Gasteiger partial charge in [-0.15, -0.1) is 12.4 Å². The summed E-state index contributed by atoms with van der Waals surface area (Å²) in [7, 11) is 0. The van der Waals surface area contributed by atoms with E-state index in [4.69, 9.17) is 0 Å². The SMILES string of the molecule is CCc1c(O)c(=O)ccn1CCc1ccccc1.Cl. The number of nitrogens with zero attached hydrogens (tertiary/aromatic N) is 1. The third kappa shape index (κ3) is 3.61. The van der Waals surface area contributed by atoms with E-state index in [9.17, 15) is 9.90 Å². The van der Waals surface area contributed by atoms with Gasteiger partial charge in [0.1, 0.15) is 0 Å². The molecule has 0 saturated carbocycles. The van der Waals surface area contributed by atoms with Crippen LogP contribution in [0.2, 0.25) is 0 Å². The Balaban J connectivity index is 0.00000180. The van der Waals surface area contributed by atoms with Crippen LogP contribution in [0, 0.1) is 0 Å². The lowest BCUT2D eigenvalue weighted by molar-refractivity contribution is 0.448. The van der Waals surface area contributed by atoms with Gasteiger partial charge in [0.05, 0.1) is 5.69 Å². The number of pyridine rings is 1. The topological polar surface area (TPSA) is 42.2 Å². The van der Waals surface area contributed by atoms with E-state index in [1.54, 1.807) is 6.20 Å². The van der Waals surface area contributed by atoms with E-state index in [2.05, 4.69) is 12.1 Å². The molecule has 4 heteroatoms. The molecule has 0 aliphatic heterocycles. The van der Waals surface area contributed by atoms with Gasteiger partial charge in [-0.2, -0.15) is 0 Å². The van der Waals surface area contributed by atoms with Crippen molar-refractivity contribution in [1.82, 2.24) is 4.57 Å². The Morgan fingerprint density at radius 2 is 1.84 bits per heavy atom. The zero-order chi connectivity index (χ0) is 13.0. The second kappa shape index (κ2) is 7.00. The molecule has 19 heavy (non-hydrogen) atoms. The molecular weight excluding hydrogens is 262 g/mol. The van der Waals surface area contributed by atoms with E-state index in [-0.39, 0.29) is 23.6 Å². The Bertz CT molecular complexity index is 578. The van der Waals surface area contributed by atoms with Gasteiger partial charge in [-0.3, -0.25) is 4.79 Å². The fraction of sp³-hybridized carbons (Fsp3) is 0.267. The highest BCUT2D eigenvalue weighted by Gasteiger charge is 2.07. The van der Waals surface area contributed by atoms with Crippen molar-refractivity contribution in [3.05, 3.63) is 64.1 Å². The van der Waals surface area contributed by atoms with E-state index in [0.29, 0.717) is 12.1 Å². The summed E-state index contributed by atoms with van der Waals surface area (Å²) >= 11 is 0. The Hall–Kier alpha value is -1.74. The molecule has 0 fully saturated rings. The number of aromatic hydroxyl groups is 1. The fourth-order valence-corrected chi connectivity index (χ4v) is 2.08. The predicted octanol–water partition coefficient (Wildman–Crippen LogP) is 2.78. The van der Waals surface area contributed by atoms with Crippen molar-refractivity contribution in [2.24, 2.45) is 0 Å². The summed E-state index contributed by atoms with van der Waals surface area (Å²) in [5.74, 6) is -0.118. The third-order valence-corrected chi connectivity index (χ3v) is 3.08. The number of halogens is 1. The number of benzene rings is 1. The second-order valence-electron chi connectivity index (χ2n) is 4.26. The predicted molar refractivity (Wildman–Crippen MR) is 79.1 cm³/mol. The maximum atomic E-state index is 11.4. The summed E-state index contributed by atoms with van der Waals surface area (Å²) in [5, 5.41) is 9.74. The van der Waals surface area contributed by atoms with Crippen LogP contribution in [-0.4, -0.2) is 9.67 Å². The minimum Gasteiger partial charge on any atom is -0.503 e. The molecule has 0 saturated heterocycles. The van der Waals surface area contributed by atoms with Crippen LogP contribution in [-0.2, 0) is 19.4 Å². The first kappa shape index (κ1) is 15.3. The first-order chi connectivity index (χ1) is 8.72. The van der Waals surface area contributed by atoms with E-state index in [0.717, 1.165) is 13.0 Å². The van der Waals surface area contributed by atoms with Crippen molar-refractivity contribution in [1.29, 1.82) is 0 Å². The minimum absolute atomic E-state index is 0. The number of aryl methyl sites for hydroxylation is 2. The van der Waals surface area contributed by atoms with Crippen molar-refractivity contribution < 1.29 is 5.11 Å². The number of hydrogen-bond donors (Lipinski definition) is 1. The van der Waals surface area contributed by atoms with E-state index in [1.165, 1.54) is 11.6 Å². The lowest BCUT2D eigenvalue weighted by Gasteiger charge is -2.13. The molecule has 1 aromatic heterocycles. The highest BCUT2D eigenvalue weighted by molar-refractivity contribution is 5.85. The second-order valence-corrected chi connectivity index (χ2v) is 4.26. The summed E-state index contributed by atoms with van der Waals surface area (Å²) < 4.78 is 1.95. The molecule has 2 aromatic rings. The van der Waals surface area contributed by atoms with Crippen LogP contribution in [0.25, 0.3) is 0 Å². The molecule has 0 bridgehead atoms. The van der Waals surface area contributed by atoms with Gasteiger partial charge in [-0.05, 0) is 18.4 Å². The summed E-state index contributed by atoms with van der Waals surface area (Å²) in [6.45, 7) is 2.70. The van der Waals surface area contributed by atoms with Gasteiger partial charge >= 0.3 is 0 Å². The highest BCUT2D eigenvalue weighted by Crippen LogP contribution is 2.13. The zero-order valence-electron chi connectivity index (χ0n) is 10.9. The maximum absolute atomic E-state index is 11.4. The molecule has 0 aliphatic carbocycles. The third-order valence-electron chi connectivity index (χ3n) is 3.08. The van der Waals surface area contributed by atoms with Gasteiger partial charge in [0.25, 0.3) is 0 Å². The van der Waals surface area contributed by atoms with Crippen molar-refractivity contribution >= 4 is 12.4 Å². The number of rotatable bonds is 4. The van der Waals surface area contributed by atoms with Crippen LogP contribution in [0.15, 0.2) is 47.4 Å². The molecule has 1 aromatic carbocycles. The molecule has 0 atom stereocenters. The largest absolute Gasteiger partial charge is 0.503 e. The number of aromatic nitrogens is 1. The lowest BCUT2D eigenvalue weighted by atomic mass is 10.1. The van der Waals surface area contributed by atoms with Crippen molar-refractivity contribution in [2.75, 3.05) is 0 Å². The van der Waals surface area contributed by atoms with Gasteiger partial charge in [-0.25, -0.2) is 0 Å². The van der Waals surface area contributed by atoms with Gasteiger partial charge in [0.2, 0.25) is 5.43 Å². The maximum Gasteiger partial charge on any atom is 0.223 e. The van der Waals surface area contributed by atoms with Crippen molar-refractivity contribution in [2.45, 2.75) is 26.3 Å². The van der Waals surface area contributed by atoms with E-state index < -0.39 is 0 Å². The van der Waals surface area contributed by atoms with Crippen molar-refractivity contribution in [3.8, 4) is 5.75 Å². The van der Waals surface area contributed by atoms with Gasteiger partial charge < -0.3 is 9.67 Å². The molecule has 0 aliphatic rings. The molecule has 0 radical (unpaired) electrons. The van der Waals surface area contributed by atoms with E-state index >= 15 is 0 Å². The van der Waals surface area contributed by atoms with Crippen LogP contribution >= 0.6 is 12.4 Å². The smallest absolute Gasteiger partial charge is 0.223 e. The molecule has 1 N–H and O–H groups in total. The normalized spacial score (nSPS) is 9.95. The quantitative estimate of drug-likeness (QED) is 0.935. The fourth-order valence-electron chi connectivity index (χ4n) is 2.08. The molecule has 102 valence electrons. The first-order valence-corrected chi connectivity index (χ1v) is 6.17. The molecule has 2 rings (SSSR count). The molecule has 0 amide bonds. The van der Waals surface area contributed by atoms with Gasteiger partial charge in [-0.1, -0.05) is 37.3 Å². The first-order valence-electron chi connectivity index (χ1n) is 6.17. The van der Waals surface area contributed by atoms with Crippen LogP contribution < -0.4 is 5.43 Å². The molecule has 3 nitrogen and oxygen atoms in total. The average molecular weight is 280 g/mol. The summed E-state index contributed by atoms with van der Waals surface area (Å²) in [6, 6.07) is 11.6. The monoisotopic (exact) mass is 279 g/mol. The molecule has 0 unspecified atom stereocenters. The van der Waals surface area contributed by atoms with Crippen LogP contribution in [0.3, 0.4) is 0 Å². The molecular formula is C15H18ClNO2. The standard InChI is InChI=1S/C15H17NO2.ClH/c1-2-13-15(18)14(17)9-11-16(13)10-8-12-6-4-3-5-7-12;/h3-7,9,11,18H,2,8,10H2,1H3;1H. The van der Waals surface area contributed by atoms with Gasteiger partial charge in [0, 0.05) is 18.8 Å². The Morgan fingerprint density at radius 1 is 1.16 bits per heavy atom. The van der Waals surface area contributed by atoms with Crippen molar-refractivity contribution in [3.63, 3.8) is 0 Å². The zero-order valence-corrected chi connectivity index (χ0v) is 11.7. The van der Waals surface area contributed by atoms with Gasteiger partial charge in [0.15, 0.2) is 5.75 Å². The Morgan fingerprint density at radius 3 is 2.47 bits per heavy atom. The number of hydrogen-bond acceptors (Lipinski definition) is 2. The van der Waals surface area contributed by atoms with Crippen LogP contribution in [0.1, 0.15) is 18.2 Å². The highest BCUT2D eigenvalue weighted by atomic mass is 35.5. The minimum atomic E-state index is -0.303. The molecule has 0 spiro atoms. The summed E-state index contributed by atoms with van der Waals surface area (Å²) in [5.41, 5.74) is 1.65. The Labute approximate surface area is 118 Å². The van der Waals surface area contributed by atoms with Crippen LogP contribution in [0.4, 0.5) is 0 Å². The average Bonchev–Trinajstić information content (AvgIpc) is 2.41. The van der Waals surface area contributed by atoms with E-state index in [1.807, 2.05) is 29.7 Å². The lowest BCUT2D eigenvalue weighted by Crippen LogP contribution is -2.13.